The van der Waals surface area contributed by atoms with Gasteiger partial charge in [0.2, 0.25) is 10.0 Å². The number of nitrogens with one attached hydrogen (secondary N) is 1. The Labute approximate surface area is 131 Å². The fourth-order valence-corrected chi connectivity index (χ4v) is 5.56. The van der Waals surface area contributed by atoms with Crippen molar-refractivity contribution in [3.8, 4) is 0 Å². The number of sulfonamides is 1. The third-order valence-electron chi connectivity index (χ3n) is 5.07. The van der Waals surface area contributed by atoms with Crippen LogP contribution < -0.4 is 10.5 Å². The van der Waals surface area contributed by atoms with E-state index in [2.05, 4.69) is 4.72 Å². The summed E-state index contributed by atoms with van der Waals surface area (Å²) < 4.78 is 27.7. The molecule has 3 rings (SSSR count). The maximum atomic E-state index is 12.5. The quantitative estimate of drug-likeness (QED) is 0.835. The minimum Gasteiger partial charge on any atom is -0.398 e. The van der Waals surface area contributed by atoms with Gasteiger partial charge in [-0.15, -0.1) is 0 Å². The molecule has 0 aliphatic heterocycles. The zero-order valence-electron chi connectivity index (χ0n) is 12.1. The van der Waals surface area contributed by atoms with E-state index in [4.69, 9.17) is 17.3 Å². The third kappa shape index (κ3) is 2.91. The molecule has 0 radical (unpaired) electrons. The predicted octanol–water partition coefficient (Wildman–Crippen LogP) is 2.95. The number of nitrogens with two attached hydrogens (primary N) is 1. The first-order valence-corrected chi connectivity index (χ1v) is 9.28. The van der Waals surface area contributed by atoms with E-state index in [0.717, 1.165) is 12.3 Å². The van der Waals surface area contributed by atoms with Crippen LogP contribution in [0.15, 0.2) is 17.0 Å². The van der Waals surface area contributed by atoms with E-state index >= 15 is 0 Å². The van der Waals surface area contributed by atoms with Gasteiger partial charge in [-0.3, -0.25) is 0 Å². The van der Waals surface area contributed by atoms with Crippen LogP contribution in [0.1, 0.15) is 31.2 Å². The van der Waals surface area contributed by atoms with Crippen molar-refractivity contribution in [3.63, 3.8) is 0 Å². The molecule has 2 aliphatic rings. The first-order chi connectivity index (χ1) is 9.87. The number of benzene rings is 1. The molecule has 0 heterocycles. The molecule has 2 saturated carbocycles. The van der Waals surface area contributed by atoms with E-state index in [-0.39, 0.29) is 4.90 Å². The lowest BCUT2D eigenvalue weighted by Gasteiger charge is -2.22. The van der Waals surface area contributed by atoms with Crippen molar-refractivity contribution in [2.45, 2.75) is 37.5 Å². The summed E-state index contributed by atoms with van der Waals surface area (Å²) in [6.07, 6.45) is 5.00. The maximum Gasteiger partial charge on any atom is 0.240 e. The van der Waals surface area contributed by atoms with Crippen molar-refractivity contribution in [3.05, 3.63) is 22.7 Å². The highest BCUT2D eigenvalue weighted by atomic mass is 35.5. The monoisotopic (exact) mass is 328 g/mol. The highest BCUT2D eigenvalue weighted by Crippen LogP contribution is 2.48. The highest BCUT2D eigenvalue weighted by molar-refractivity contribution is 7.89. The molecule has 1 aromatic rings. The fraction of sp³-hybridized carbons (Fsp3) is 0.600. The van der Waals surface area contributed by atoms with Gasteiger partial charge in [-0.2, -0.15) is 0 Å². The summed E-state index contributed by atoms with van der Waals surface area (Å²) in [6.45, 7) is 2.23. The van der Waals surface area contributed by atoms with E-state index in [1.54, 1.807) is 13.0 Å². The van der Waals surface area contributed by atoms with E-state index in [9.17, 15) is 8.42 Å². The largest absolute Gasteiger partial charge is 0.398 e. The number of halogens is 1. The molecule has 0 amide bonds. The summed E-state index contributed by atoms with van der Waals surface area (Å²) in [7, 11) is -3.55. The fourth-order valence-electron chi connectivity index (χ4n) is 3.87. The van der Waals surface area contributed by atoms with Crippen molar-refractivity contribution in [1.29, 1.82) is 0 Å². The number of nitrogen functional groups attached to an aromatic ring is 1. The molecule has 2 aliphatic carbocycles. The summed E-state index contributed by atoms with van der Waals surface area (Å²) in [4.78, 5) is 0.190. The molecular weight excluding hydrogens is 308 g/mol. The van der Waals surface area contributed by atoms with Crippen molar-refractivity contribution >= 4 is 27.3 Å². The van der Waals surface area contributed by atoms with Gasteiger partial charge >= 0.3 is 0 Å². The number of hydrogen-bond donors (Lipinski definition) is 2. The highest BCUT2D eigenvalue weighted by Gasteiger charge is 2.39. The average Bonchev–Trinajstić information content (AvgIpc) is 3.03. The summed E-state index contributed by atoms with van der Waals surface area (Å²) in [5.41, 5.74) is 6.77. The molecule has 3 atom stereocenters. The Bertz CT molecular complexity index is 660. The molecule has 116 valence electrons. The summed E-state index contributed by atoms with van der Waals surface area (Å²) in [5.74, 6) is 1.99. The molecule has 2 bridgehead atoms. The van der Waals surface area contributed by atoms with Crippen LogP contribution in [0.25, 0.3) is 0 Å². The minimum absolute atomic E-state index is 0.190. The molecule has 21 heavy (non-hydrogen) atoms. The lowest BCUT2D eigenvalue weighted by atomic mass is 9.89. The molecule has 0 spiro atoms. The molecule has 3 N–H and O–H groups in total. The van der Waals surface area contributed by atoms with Crippen molar-refractivity contribution in [2.75, 3.05) is 12.3 Å². The van der Waals surface area contributed by atoms with Crippen LogP contribution in [0.2, 0.25) is 5.02 Å². The van der Waals surface area contributed by atoms with Gasteiger partial charge in [-0.1, -0.05) is 18.0 Å². The second-order valence-corrected chi connectivity index (χ2v) is 8.58. The van der Waals surface area contributed by atoms with Crippen LogP contribution >= 0.6 is 11.6 Å². The van der Waals surface area contributed by atoms with Gasteiger partial charge in [0.15, 0.2) is 0 Å². The zero-order valence-corrected chi connectivity index (χ0v) is 13.7. The van der Waals surface area contributed by atoms with Crippen LogP contribution in [0.3, 0.4) is 0 Å². The summed E-state index contributed by atoms with van der Waals surface area (Å²) >= 11 is 5.93. The summed E-state index contributed by atoms with van der Waals surface area (Å²) in [5, 5.41) is 0.346. The van der Waals surface area contributed by atoms with Crippen molar-refractivity contribution < 1.29 is 8.42 Å². The van der Waals surface area contributed by atoms with Gasteiger partial charge in [0.1, 0.15) is 0 Å². The SMILES string of the molecule is Cc1c(N)cc(Cl)cc1S(=O)(=O)NCC1CC2CCC1C2. The molecule has 1 aromatic carbocycles. The molecule has 3 unspecified atom stereocenters. The Hall–Kier alpha value is -0.780. The predicted molar refractivity (Wildman–Crippen MR) is 84.7 cm³/mol. The van der Waals surface area contributed by atoms with Crippen molar-refractivity contribution in [1.82, 2.24) is 4.72 Å². The molecule has 0 aromatic heterocycles. The van der Waals surface area contributed by atoms with Crippen LogP contribution in [0.4, 0.5) is 5.69 Å². The van der Waals surface area contributed by atoms with Gasteiger partial charge in [0.25, 0.3) is 0 Å². The standard InChI is InChI=1S/C15H21ClN2O2S/c1-9-14(17)6-13(16)7-15(9)21(19,20)18-8-12-5-10-2-3-11(12)4-10/h6-7,10-12,18H,2-5,8,17H2,1H3. The second-order valence-electron chi connectivity index (χ2n) is 6.40. The van der Waals surface area contributed by atoms with Crippen LogP contribution in [-0.4, -0.2) is 15.0 Å². The lowest BCUT2D eigenvalue weighted by molar-refractivity contribution is 0.333. The number of hydrogen-bond acceptors (Lipinski definition) is 3. The number of rotatable bonds is 4. The number of anilines is 1. The minimum atomic E-state index is -3.55. The van der Waals surface area contributed by atoms with Crippen molar-refractivity contribution in [2.24, 2.45) is 17.8 Å². The van der Waals surface area contributed by atoms with E-state index in [1.807, 2.05) is 0 Å². The lowest BCUT2D eigenvalue weighted by Crippen LogP contribution is -2.32. The number of fused-ring (bicyclic) bond motifs is 2. The molecule has 4 nitrogen and oxygen atoms in total. The maximum absolute atomic E-state index is 12.5. The first kappa shape index (κ1) is 15.1. The van der Waals surface area contributed by atoms with Gasteiger partial charge in [-0.05, 0) is 61.6 Å². The Balaban J connectivity index is 1.75. The van der Waals surface area contributed by atoms with Gasteiger partial charge in [-0.25, -0.2) is 13.1 Å². The zero-order chi connectivity index (χ0) is 15.2. The normalized spacial score (nSPS) is 28.2. The molecule has 0 saturated heterocycles. The Morgan fingerprint density at radius 3 is 2.71 bits per heavy atom. The molecule has 2 fully saturated rings. The van der Waals surface area contributed by atoms with Crippen LogP contribution in [0.5, 0.6) is 0 Å². The average molecular weight is 329 g/mol. The van der Waals surface area contributed by atoms with Crippen LogP contribution in [-0.2, 0) is 10.0 Å². The van der Waals surface area contributed by atoms with Crippen LogP contribution in [0, 0.1) is 24.7 Å². The third-order valence-corrected chi connectivity index (χ3v) is 6.84. The van der Waals surface area contributed by atoms with Gasteiger partial charge in [0.05, 0.1) is 4.90 Å². The molecule has 6 heteroatoms. The Morgan fingerprint density at radius 2 is 2.10 bits per heavy atom. The Kier molecular flexibility index (Phi) is 3.93. The first-order valence-electron chi connectivity index (χ1n) is 7.42. The van der Waals surface area contributed by atoms with Gasteiger partial charge < -0.3 is 5.73 Å². The smallest absolute Gasteiger partial charge is 0.240 e. The second kappa shape index (κ2) is 5.45. The summed E-state index contributed by atoms with van der Waals surface area (Å²) in [6, 6.07) is 3.04. The molecular formula is C15H21ClN2O2S. The van der Waals surface area contributed by atoms with Gasteiger partial charge in [0, 0.05) is 17.3 Å². The van der Waals surface area contributed by atoms with E-state index < -0.39 is 10.0 Å². The topological polar surface area (TPSA) is 72.2 Å². The van der Waals surface area contributed by atoms with E-state index in [1.165, 1.54) is 25.3 Å². The Morgan fingerprint density at radius 1 is 1.33 bits per heavy atom. The van der Waals surface area contributed by atoms with E-state index in [0.29, 0.717) is 34.7 Å².